The van der Waals surface area contributed by atoms with Crippen LogP contribution in [0.25, 0.3) is 0 Å². The van der Waals surface area contributed by atoms with Crippen LogP contribution in [0.2, 0.25) is 0 Å². The first kappa shape index (κ1) is 6.64. The van der Waals surface area contributed by atoms with E-state index in [0.717, 1.165) is 6.54 Å². The van der Waals surface area contributed by atoms with Gasteiger partial charge < -0.3 is 4.57 Å². The van der Waals surface area contributed by atoms with E-state index in [9.17, 15) is 0 Å². The van der Waals surface area contributed by atoms with Crippen LogP contribution in [-0.2, 0) is 6.54 Å². The Labute approximate surface area is 73.8 Å². The molecular weight excluding hydrogens is 239 g/mol. The van der Waals surface area contributed by atoms with Gasteiger partial charge in [-0.05, 0) is 12.8 Å². The molecule has 54 valence electrons. The van der Waals surface area contributed by atoms with Gasteiger partial charge in [0.25, 0.3) is 0 Å². The standard InChI is InChI=1S/C7H9IN2/c8-7(1-2-7)5-10-4-3-9-6-10/h3-4,6H,1-2,5H2. The lowest BCUT2D eigenvalue weighted by Crippen LogP contribution is -2.07. The van der Waals surface area contributed by atoms with Gasteiger partial charge in [0.05, 0.1) is 6.33 Å². The van der Waals surface area contributed by atoms with E-state index < -0.39 is 0 Å². The summed E-state index contributed by atoms with van der Waals surface area (Å²) in [5.41, 5.74) is 0. The normalized spacial score (nSPS) is 20.9. The molecule has 1 aliphatic rings. The second-order valence-corrected chi connectivity index (χ2v) is 5.17. The maximum absolute atomic E-state index is 3.99. The van der Waals surface area contributed by atoms with Crippen LogP contribution in [0.4, 0.5) is 0 Å². The largest absolute Gasteiger partial charge is 0.336 e. The quantitative estimate of drug-likeness (QED) is 0.577. The Balaban J connectivity index is 2.04. The van der Waals surface area contributed by atoms with Crippen LogP contribution >= 0.6 is 22.6 Å². The van der Waals surface area contributed by atoms with Crippen molar-refractivity contribution in [1.29, 1.82) is 0 Å². The maximum atomic E-state index is 3.99. The highest BCUT2D eigenvalue weighted by Crippen LogP contribution is 2.46. The smallest absolute Gasteiger partial charge is 0.0946 e. The lowest BCUT2D eigenvalue weighted by molar-refractivity contribution is 0.677. The van der Waals surface area contributed by atoms with Crippen molar-refractivity contribution in [2.24, 2.45) is 0 Å². The number of aromatic nitrogens is 2. The zero-order valence-electron chi connectivity index (χ0n) is 5.63. The summed E-state index contributed by atoms with van der Waals surface area (Å²) in [6.45, 7) is 1.13. The lowest BCUT2D eigenvalue weighted by Gasteiger charge is -2.05. The van der Waals surface area contributed by atoms with Crippen LogP contribution < -0.4 is 0 Å². The first-order chi connectivity index (χ1) is 4.79. The van der Waals surface area contributed by atoms with Crippen molar-refractivity contribution in [3.05, 3.63) is 18.7 Å². The van der Waals surface area contributed by atoms with Crippen molar-refractivity contribution in [2.75, 3.05) is 0 Å². The van der Waals surface area contributed by atoms with E-state index >= 15 is 0 Å². The molecule has 0 amide bonds. The van der Waals surface area contributed by atoms with Gasteiger partial charge in [0.2, 0.25) is 0 Å². The van der Waals surface area contributed by atoms with Gasteiger partial charge in [-0.3, -0.25) is 0 Å². The third-order valence-corrected chi connectivity index (χ3v) is 3.24. The Hall–Kier alpha value is -0.0600. The zero-order chi connectivity index (χ0) is 7.03. The van der Waals surface area contributed by atoms with E-state index in [2.05, 4.69) is 32.1 Å². The highest BCUT2D eigenvalue weighted by atomic mass is 127. The summed E-state index contributed by atoms with van der Waals surface area (Å²) in [7, 11) is 0. The number of hydrogen-bond acceptors (Lipinski definition) is 1. The van der Waals surface area contributed by atoms with E-state index in [1.807, 2.05) is 18.7 Å². The molecule has 1 heterocycles. The third-order valence-electron chi connectivity index (χ3n) is 1.82. The topological polar surface area (TPSA) is 17.8 Å². The molecule has 10 heavy (non-hydrogen) atoms. The van der Waals surface area contributed by atoms with Gasteiger partial charge in [-0.25, -0.2) is 4.98 Å². The molecular formula is C7H9IN2. The lowest BCUT2D eigenvalue weighted by atomic mass is 10.4. The van der Waals surface area contributed by atoms with E-state index in [1.165, 1.54) is 12.8 Å². The van der Waals surface area contributed by atoms with Crippen molar-refractivity contribution in [3.63, 3.8) is 0 Å². The molecule has 1 aromatic rings. The Morgan fingerprint density at radius 3 is 2.90 bits per heavy atom. The van der Waals surface area contributed by atoms with E-state index in [4.69, 9.17) is 0 Å². The Kier molecular flexibility index (Phi) is 1.47. The second-order valence-electron chi connectivity index (χ2n) is 2.89. The number of halogens is 1. The van der Waals surface area contributed by atoms with Crippen LogP contribution in [-0.4, -0.2) is 13.0 Å². The van der Waals surface area contributed by atoms with Gasteiger partial charge in [0.15, 0.2) is 0 Å². The average Bonchev–Trinajstić information content (AvgIpc) is 2.47. The van der Waals surface area contributed by atoms with Gasteiger partial charge in [0, 0.05) is 22.4 Å². The molecule has 0 radical (unpaired) electrons. The Morgan fingerprint density at radius 2 is 2.40 bits per heavy atom. The van der Waals surface area contributed by atoms with Crippen LogP contribution in [0.3, 0.4) is 0 Å². The minimum Gasteiger partial charge on any atom is -0.336 e. The Bertz CT molecular complexity index is 214. The molecule has 1 aromatic heterocycles. The highest BCUT2D eigenvalue weighted by Gasteiger charge is 2.39. The molecule has 0 unspecified atom stereocenters. The number of imidazole rings is 1. The Morgan fingerprint density at radius 1 is 1.60 bits per heavy atom. The molecule has 1 aliphatic carbocycles. The first-order valence-electron chi connectivity index (χ1n) is 3.43. The molecule has 0 N–H and O–H groups in total. The molecule has 0 atom stereocenters. The molecule has 0 spiro atoms. The number of hydrogen-bond donors (Lipinski definition) is 0. The predicted molar refractivity (Wildman–Crippen MR) is 48.2 cm³/mol. The van der Waals surface area contributed by atoms with Crippen molar-refractivity contribution >= 4 is 22.6 Å². The van der Waals surface area contributed by atoms with Crippen molar-refractivity contribution < 1.29 is 0 Å². The average molecular weight is 248 g/mol. The number of nitrogens with zero attached hydrogens (tertiary/aromatic N) is 2. The van der Waals surface area contributed by atoms with Gasteiger partial charge in [-0.15, -0.1) is 0 Å². The summed E-state index contributed by atoms with van der Waals surface area (Å²) < 4.78 is 2.72. The van der Waals surface area contributed by atoms with Crippen LogP contribution in [0.15, 0.2) is 18.7 Å². The molecule has 3 heteroatoms. The minimum atomic E-state index is 0.568. The van der Waals surface area contributed by atoms with E-state index in [1.54, 1.807) is 0 Å². The van der Waals surface area contributed by atoms with Gasteiger partial charge in [0.1, 0.15) is 0 Å². The summed E-state index contributed by atoms with van der Waals surface area (Å²) in [6.07, 6.45) is 8.48. The summed E-state index contributed by atoms with van der Waals surface area (Å²) >= 11 is 2.54. The highest BCUT2D eigenvalue weighted by molar-refractivity contribution is 14.1. The van der Waals surface area contributed by atoms with Gasteiger partial charge in [-0.1, -0.05) is 22.6 Å². The molecule has 0 aliphatic heterocycles. The number of alkyl halides is 1. The molecule has 2 rings (SSSR count). The minimum absolute atomic E-state index is 0.568. The molecule has 1 saturated carbocycles. The summed E-state index contributed by atoms with van der Waals surface area (Å²) in [4.78, 5) is 3.99. The molecule has 0 bridgehead atoms. The van der Waals surface area contributed by atoms with Crippen molar-refractivity contribution in [2.45, 2.75) is 22.8 Å². The third kappa shape index (κ3) is 1.33. The predicted octanol–water partition coefficient (Wildman–Crippen LogP) is 1.85. The zero-order valence-corrected chi connectivity index (χ0v) is 7.78. The first-order valence-corrected chi connectivity index (χ1v) is 4.51. The van der Waals surface area contributed by atoms with Crippen LogP contribution in [0.1, 0.15) is 12.8 Å². The molecule has 0 aromatic carbocycles. The van der Waals surface area contributed by atoms with Crippen LogP contribution in [0.5, 0.6) is 0 Å². The van der Waals surface area contributed by atoms with E-state index in [-0.39, 0.29) is 0 Å². The fourth-order valence-corrected chi connectivity index (χ4v) is 1.66. The fourth-order valence-electron chi connectivity index (χ4n) is 1.00. The summed E-state index contributed by atoms with van der Waals surface area (Å²) in [5.74, 6) is 0. The second kappa shape index (κ2) is 2.22. The molecule has 2 nitrogen and oxygen atoms in total. The number of rotatable bonds is 2. The summed E-state index contributed by atoms with van der Waals surface area (Å²) in [6, 6.07) is 0. The van der Waals surface area contributed by atoms with Crippen molar-refractivity contribution in [1.82, 2.24) is 9.55 Å². The van der Waals surface area contributed by atoms with Crippen LogP contribution in [0, 0.1) is 0 Å². The van der Waals surface area contributed by atoms with Gasteiger partial charge in [-0.2, -0.15) is 0 Å². The van der Waals surface area contributed by atoms with Gasteiger partial charge >= 0.3 is 0 Å². The SMILES string of the molecule is IC1(Cn2ccnc2)CC1. The van der Waals surface area contributed by atoms with E-state index in [0.29, 0.717) is 3.42 Å². The van der Waals surface area contributed by atoms with Crippen molar-refractivity contribution in [3.8, 4) is 0 Å². The monoisotopic (exact) mass is 248 g/mol. The maximum Gasteiger partial charge on any atom is 0.0946 e. The fraction of sp³-hybridized carbons (Fsp3) is 0.571. The molecule has 0 saturated heterocycles. The molecule has 1 fully saturated rings. The summed E-state index contributed by atoms with van der Waals surface area (Å²) in [5, 5.41) is 0.